The molecule has 0 spiro atoms. The zero-order valence-corrected chi connectivity index (χ0v) is 15.0. The number of ether oxygens (including phenoxy) is 1. The fourth-order valence-corrected chi connectivity index (χ4v) is 3.78. The molecule has 1 aliphatic heterocycles. The van der Waals surface area contributed by atoms with Gasteiger partial charge in [0.15, 0.2) is 5.76 Å². The molecule has 0 radical (unpaired) electrons. The van der Waals surface area contributed by atoms with Crippen molar-refractivity contribution in [2.45, 2.75) is 51.0 Å². The fourth-order valence-electron chi connectivity index (χ4n) is 3.78. The molecule has 0 atom stereocenters. The molecule has 0 bridgehead atoms. The van der Waals surface area contributed by atoms with Gasteiger partial charge in [-0.1, -0.05) is 5.16 Å². The van der Waals surface area contributed by atoms with Crippen molar-refractivity contribution in [3.8, 4) is 0 Å². The molecular weight excluding hydrogens is 332 g/mol. The summed E-state index contributed by atoms with van der Waals surface area (Å²) in [6, 6.07) is 3.65. The lowest BCUT2D eigenvalue weighted by Crippen LogP contribution is -2.50. The van der Waals surface area contributed by atoms with Crippen molar-refractivity contribution in [3.63, 3.8) is 0 Å². The third-order valence-electron chi connectivity index (χ3n) is 5.23. The van der Waals surface area contributed by atoms with Gasteiger partial charge in [0, 0.05) is 37.8 Å². The van der Waals surface area contributed by atoms with Gasteiger partial charge in [-0.25, -0.2) is 4.79 Å². The summed E-state index contributed by atoms with van der Waals surface area (Å²) in [5.74, 6) is 0.678. The van der Waals surface area contributed by atoms with Crippen LogP contribution >= 0.6 is 0 Å². The summed E-state index contributed by atoms with van der Waals surface area (Å²) in [6.07, 6.45) is 7.45. The molecule has 1 fully saturated rings. The van der Waals surface area contributed by atoms with E-state index < -0.39 is 5.54 Å². The Hall–Kier alpha value is -2.41. The predicted octanol–water partition coefficient (Wildman–Crippen LogP) is 3.08. The molecule has 7 heteroatoms. The average molecular weight is 356 g/mol. The van der Waals surface area contributed by atoms with E-state index in [0.717, 1.165) is 29.9 Å². The molecule has 2 amide bonds. The van der Waals surface area contributed by atoms with Gasteiger partial charge in [0.2, 0.25) is 0 Å². The number of hydrogen-bond donors (Lipinski definition) is 2. The van der Waals surface area contributed by atoms with Crippen molar-refractivity contribution in [2.75, 3.05) is 18.5 Å². The average Bonchev–Trinajstić information content (AvgIpc) is 3.09. The molecule has 1 aliphatic carbocycles. The largest absolute Gasteiger partial charge is 0.381 e. The van der Waals surface area contributed by atoms with Gasteiger partial charge in [-0.15, -0.1) is 0 Å². The number of aromatic nitrogens is 2. The summed E-state index contributed by atoms with van der Waals surface area (Å²) >= 11 is 0. The highest BCUT2D eigenvalue weighted by molar-refractivity contribution is 5.89. The second-order valence-corrected chi connectivity index (χ2v) is 7.14. The number of pyridine rings is 1. The van der Waals surface area contributed by atoms with E-state index >= 15 is 0 Å². The summed E-state index contributed by atoms with van der Waals surface area (Å²) in [4.78, 5) is 17.2. The van der Waals surface area contributed by atoms with Crippen LogP contribution in [0.1, 0.15) is 48.4 Å². The van der Waals surface area contributed by atoms with Crippen molar-refractivity contribution >= 4 is 11.7 Å². The van der Waals surface area contributed by atoms with Gasteiger partial charge >= 0.3 is 6.03 Å². The van der Waals surface area contributed by atoms with Gasteiger partial charge < -0.3 is 19.9 Å². The second-order valence-electron chi connectivity index (χ2n) is 7.14. The summed E-state index contributed by atoms with van der Waals surface area (Å²) < 4.78 is 10.9. The minimum atomic E-state index is -0.592. The Balaban J connectivity index is 1.50. The van der Waals surface area contributed by atoms with Crippen molar-refractivity contribution in [1.82, 2.24) is 15.5 Å². The van der Waals surface area contributed by atoms with Crippen LogP contribution in [-0.2, 0) is 23.1 Å². The molecule has 1 saturated heterocycles. The van der Waals surface area contributed by atoms with Crippen LogP contribution in [0, 0.1) is 6.92 Å². The number of carbonyl (C=O) groups is 1. The van der Waals surface area contributed by atoms with Crippen LogP contribution in [0.5, 0.6) is 0 Å². The van der Waals surface area contributed by atoms with Crippen LogP contribution < -0.4 is 10.6 Å². The van der Waals surface area contributed by atoms with E-state index in [1.165, 1.54) is 18.4 Å². The van der Waals surface area contributed by atoms with Gasteiger partial charge in [-0.05, 0) is 44.2 Å². The summed E-state index contributed by atoms with van der Waals surface area (Å²) in [7, 11) is 0. The lowest BCUT2D eigenvalue weighted by atomic mass is 9.87. The zero-order valence-electron chi connectivity index (χ0n) is 15.0. The van der Waals surface area contributed by atoms with E-state index in [0.29, 0.717) is 31.8 Å². The number of anilines is 1. The molecule has 2 aromatic heterocycles. The van der Waals surface area contributed by atoms with Crippen LogP contribution in [0.2, 0.25) is 0 Å². The highest BCUT2D eigenvalue weighted by atomic mass is 16.5. The van der Waals surface area contributed by atoms with E-state index in [1.807, 2.05) is 19.1 Å². The lowest BCUT2D eigenvalue weighted by molar-refractivity contribution is 0.0307. The van der Waals surface area contributed by atoms with Gasteiger partial charge in [-0.2, -0.15) is 0 Å². The lowest BCUT2D eigenvalue weighted by Gasteiger charge is -2.35. The Morgan fingerprint density at radius 3 is 2.77 bits per heavy atom. The quantitative estimate of drug-likeness (QED) is 0.882. The molecule has 138 valence electrons. The van der Waals surface area contributed by atoms with Crippen molar-refractivity contribution in [1.29, 1.82) is 0 Å². The molecule has 0 unspecified atom stereocenters. The number of urea groups is 1. The molecule has 2 aliphatic rings. The topological polar surface area (TPSA) is 89.3 Å². The number of amides is 2. The number of nitrogens with one attached hydrogen (secondary N) is 2. The molecule has 26 heavy (non-hydrogen) atoms. The Morgan fingerprint density at radius 1 is 1.19 bits per heavy atom. The van der Waals surface area contributed by atoms with Gasteiger partial charge in [0.1, 0.15) is 5.54 Å². The smallest absolute Gasteiger partial charge is 0.320 e. The molecule has 0 aromatic carbocycles. The monoisotopic (exact) mass is 356 g/mol. The minimum absolute atomic E-state index is 0.265. The van der Waals surface area contributed by atoms with E-state index in [2.05, 4.69) is 20.8 Å². The number of rotatable bonds is 3. The molecule has 2 aromatic rings. The Bertz CT molecular complexity index is 796. The molecule has 0 saturated carbocycles. The van der Waals surface area contributed by atoms with Crippen molar-refractivity contribution in [2.24, 2.45) is 0 Å². The number of carbonyl (C=O) groups excluding carboxylic acids is 1. The minimum Gasteiger partial charge on any atom is -0.381 e. The van der Waals surface area contributed by atoms with Gasteiger partial charge in [0.25, 0.3) is 0 Å². The van der Waals surface area contributed by atoms with Gasteiger partial charge in [-0.3, -0.25) is 4.98 Å². The maximum absolute atomic E-state index is 12.7. The maximum Gasteiger partial charge on any atom is 0.320 e. The number of fused-ring (bicyclic) bond motifs is 1. The predicted molar refractivity (Wildman–Crippen MR) is 96.0 cm³/mol. The fraction of sp³-hybridized carbons (Fsp3) is 0.526. The Labute approximate surface area is 152 Å². The molecule has 2 N–H and O–H groups in total. The first-order valence-corrected chi connectivity index (χ1v) is 9.23. The molecule has 4 rings (SSSR count). The molecule has 7 nitrogen and oxygen atoms in total. The molecular formula is C19H24N4O3. The maximum atomic E-state index is 12.7. The summed E-state index contributed by atoms with van der Waals surface area (Å²) in [5.41, 5.74) is 3.32. The third-order valence-corrected chi connectivity index (χ3v) is 5.23. The van der Waals surface area contributed by atoms with E-state index in [4.69, 9.17) is 9.26 Å². The summed E-state index contributed by atoms with van der Waals surface area (Å²) in [5, 5.41) is 10.0. The number of nitrogens with zero attached hydrogens (tertiary/aromatic N) is 2. The first kappa shape index (κ1) is 17.0. The first-order valence-electron chi connectivity index (χ1n) is 9.23. The van der Waals surface area contributed by atoms with Crippen LogP contribution in [-0.4, -0.2) is 29.4 Å². The highest BCUT2D eigenvalue weighted by Gasteiger charge is 2.39. The second kappa shape index (κ2) is 7.07. The van der Waals surface area contributed by atoms with Gasteiger partial charge in [0.05, 0.1) is 17.6 Å². The third kappa shape index (κ3) is 3.44. The standard InChI is InChI=1S/C19H24N4O3/c1-13-10-17(26-23-13)19(6-8-25-9-7-19)22-18(24)21-15-11-14-4-2-3-5-16(14)20-12-15/h10-12H,2-9H2,1H3,(H2,21,22,24). The first-order chi connectivity index (χ1) is 12.6. The zero-order chi connectivity index (χ0) is 18.0. The Kier molecular flexibility index (Phi) is 4.63. The Morgan fingerprint density at radius 2 is 2.00 bits per heavy atom. The van der Waals surface area contributed by atoms with Crippen LogP contribution in [0.15, 0.2) is 22.9 Å². The SMILES string of the molecule is Cc1cc(C2(NC(=O)Nc3cnc4c(c3)CCCC4)CCOCC2)on1. The normalized spacial score (nSPS) is 18.8. The number of aryl methyl sites for hydroxylation is 3. The van der Waals surface area contributed by atoms with E-state index in [1.54, 1.807) is 6.20 Å². The summed E-state index contributed by atoms with van der Waals surface area (Å²) in [6.45, 7) is 3.01. The van der Waals surface area contributed by atoms with Crippen molar-refractivity contribution < 1.29 is 14.1 Å². The molecule has 3 heterocycles. The van der Waals surface area contributed by atoms with Crippen molar-refractivity contribution in [3.05, 3.63) is 41.0 Å². The van der Waals surface area contributed by atoms with E-state index in [-0.39, 0.29) is 6.03 Å². The van der Waals surface area contributed by atoms with Crippen LogP contribution in [0.25, 0.3) is 0 Å². The van der Waals surface area contributed by atoms with E-state index in [9.17, 15) is 4.79 Å². The van der Waals surface area contributed by atoms with Crippen LogP contribution in [0.3, 0.4) is 0 Å². The number of hydrogen-bond acceptors (Lipinski definition) is 5. The highest BCUT2D eigenvalue weighted by Crippen LogP contribution is 2.33. The van der Waals surface area contributed by atoms with Crippen LogP contribution in [0.4, 0.5) is 10.5 Å².